The molecule has 2 aromatic rings. The summed E-state index contributed by atoms with van der Waals surface area (Å²) in [5.41, 5.74) is -1.27. The number of aromatic hydroxyl groups is 1. The fourth-order valence-corrected chi connectivity index (χ4v) is 4.68. The molecule has 0 radical (unpaired) electrons. The van der Waals surface area contributed by atoms with Crippen molar-refractivity contribution in [3.05, 3.63) is 63.1 Å². The average Bonchev–Trinajstić information content (AvgIpc) is 3.19. The van der Waals surface area contributed by atoms with Crippen molar-refractivity contribution in [2.75, 3.05) is 31.8 Å². The van der Waals surface area contributed by atoms with Gasteiger partial charge in [-0.25, -0.2) is 8.78 Å². The summed E-state index contributed by atoms with van der Waals surface area (Å²) in [5, 5.41) is 12.5. The Morgan fingerprint density at radius 2 is 2.03 bits per heavy atom. The van der Waals surface area contributed by atoms with Gasteiger partial charge in [0, 0.05) is 44.8 Å². The zero-order chi connectivity index (χ0) is 23.9. The predicted octanol–water partition coefficient (Wildman–Crippen LogP) is 2.05. The van der Waals surface area contributed by atoms with E-state index in [1.165, 1.54) is 16.9 Å². The van der Waals surface area contributed by atoms with Crippen molar-refractivity contribution in [3.8, 4) is 5.75 Å². The third-order valence-electron chi connectivity index (χ3n) is 6.28. The number of hydrogen-bond donors (Lipinski definition) is 1. The lowest BCUT2D eigenvalue weighted by molar-refractivity contribution is 0.0598. The van der Waals surface area contributed by atoms with E-state index in [2.05, 4.69) is 0 Å². The average molecular weight is 461 g/mol. The zero-order valence-electron chi connectivity index (χ0n) is 18.4. The van der Waals surface area contributed by atoms with E-state index in [1.54, 1.807) is 12.0 Å². The largest absolute Gasteiger partial charge is 0.502 e. The van der Waals surface area contributed by atoms with Gasteiger partial charge in [-0.05, 0) is 31.4 Å². The van der Waals surface area contributed by atoms with Crippen LogP contribution in [0.25, 0.3) is 0 Å². The minimum Gasteiger partial charge on any atom is -0.502 e. The van der Waals surface area contributed by atoms with Gasteiger partial charge in [-0.3, -0.25) is 24.1 Å². The zero-order valence-corrected chi connectivity index (χ0v) is 18.4. The molecule has 1 aromatic carbocycles. The van der Waals surface area contributed by atoms with Gasteiger partial charge < -0.3 is 14.7 Å². The number of benzene rings is 1. The predicted molar refractivity (Wildman–Crippen MR) is 115 cm³/mol. The molecule has 0 unspecified atom stereocenters. The van der Waals surface area contributed by atoms with Crippen molar-refractivity contribution in [1.82, 2.24) is 9.58 Å². The number of amides is 1. The highest BCUT2D eigenvalue weighted by Crippen LogP contribution is 2.32. The van der Waals surface area contributed by atoms with Crippen molar-refractivity contribution in [3.63, 3.8) is 0 Å². The molecule has 2 atom stereocenters. The monoisotopic (exact) mass is 461 g/mol. The van der Waals surface area contributed by atoms with E-state index in [-0.39, 0.29) is 41.7 Å². The summed E-state index contributed by atoms with van der Waals surface area (Å²) < 4.78 is 33.7. The van der Waals surface area contributed by atoms with Crippen molar-refractivity contribution >= 4 is 11.7 Å². The second kappa shape index (κ2) is 8.93. The number of pyridine rings is 1. The Labute approximate surface area is 188 Å². The standard InChI is InChI=1S/C23H25F2N3O5/c1-3-26-19-8-13(12-33-2)10-27(19)28-11-16(21(30)22(31)20(28)23(26)32)18(29)7-5-14-4-6-15(24)9-17(14)25/h4,6,9,11,13,19,31H,3,5,7-8,10,12H2,1-2H3/t13-,19-/m0/s1. The minimum absolute atomic E-state index is 0.0440. The van der Waals surface area contributed by atoms with Crippen molar-refractivity contribution in [2.45, 2.75) is 32.4 Å². The Balaban J connectivity index is 1.68. The molecule has 176 valence electrons. The molecule has 3 heterocycles. The van der Waals surface area contributed by atoms with Gasteiger partial charge in [0.05, 0.1) is 12.2 Å². The van der Waals surface area contributed by atoms with Gasteiger partial charge in [-0.1, -0.05) is 6.07 Å². The molecule has 2 aliphatic rings. The highest BCUT2D eigenvalue weighted by atomic mass is 19.1. The first-order chi connectivity index (χ1) is 15.8. The third kappa shape index (κ3) is 3.99. The van der Waals surface area contributed by atoms with Crippen LogP contribution in [0.3, 0.4) is 0 Å². The van der Waals surface area contributed by atoms with Crippen LogP contribution in [-0.2, 0) is 11.2 Å². The molecule has 1 N–H and O–H groups in total. The van der Waals surface area contributed by atoms with Crippen LogP contribution in [0.4, 0.5) is 8.78 Å². The lowest BCUT2D eigenvalue weighted by Crippen LogP contribution is -2.58. The van der Waals surface area contributed by atoms with Crippen molar-refractivity contribution in [2.24, 2.45) is 5.92 Å². The van der Waals surface area contributed by atoms with Gasteiger partial charge in [0.15, 0.2) is 17.2 Å². The van der Waals surface area contributed by atoms with Gasteiger partial charge in [-0.15, -0.1) is 0 Å². The molecule has 1 fully saturated rings. The molecule has 2 aliphatic heterocycles. The number of methoxy groups -OCH3 is 1. The fourth-order valence-electron chi connectivity index (χ4n) is 4.68. The van der Waals surface area contributed by atoms with E-state index in [0.29, 0.717) is 26.1 Å². The number of rotatable bonds is 7. The van der Waals surface area contributed by atoms with E-state index in [1.807, 2.05) is 11.9 Å². The lowest BCUT2D eigenvalue weighted by atomic mass is 10.0. The van der Waals surface area contributed by atoms with Crippen molar-refractivity contribution in [1.29, 1.82) is 0 Å². The molecular formula is C23H25F2N3O5. The quantitative estimate of drug-likeness (QED) is 0.635. The number of ether oxygens (including phenoxy) is 1. The number of hydrogen-bond acceptors (Lipinski definition) is 6. The van der Waals surface area contributed by atoms with E-state index >= 15 is 0 Å². The normalized spacial score (nSPS) is 19.6. The summed E-state index contributed by atoms with van der Waals surface area (Å²) >= 11 is 0. The summed E-state index contributed by atoms with van der Waals surface area (Å²) in [4.78, 5) is 40.3. The minimum atomic E-state index is -0.943. The molecule has 1 aromatic heterocycles. The molecule has 0 saturated carbocycles. The number of carbonyl (C=O) groups excluding carboxylic acids is 2. The number of halogens is 2. The van der Waals surface area contributed by atoms with E-state index in [0.717, 1.165) is 12.1 Å². The molecule has 0 spiro atoms. The van der Waals surface area contributed by atoms with Gasteiger partial charge in [0.25, 0.3) is 5.91 Å². The maximum atomic E-state index is 13.9. The van der Waals surface area contributed by atoms with Crippen LogP contribution in [0.5, 0.6) is 5.75 Å². The number of aryl methyl sites for hydroxylation is 1. The summed E-state index contributed by atoms with van der Waals surface area (Å²) in [6, 6.07) is 3.07. The molecular weight excluding hydrogens is 436 g/mol. The Kier molecular flexibility index (Phi) is 6.20. The van der Waals surface area contributed by atoms with Crippen LogP contribution in [0.15, 0.2) is 29.2 Å². The van der Waals surface area contributed by atoms with Crippen LogP contribution >= 0.6 is 0 Å². The first kappa shape index (κ1) is 22.9. The first-order valence-electron chi connectivity index (χ1n) is 10.8. The number of Topliss-reactive ketones (excluding diaryl/α,β-unsaturated/α-hetero) is 1. The summed E-state index contributed by atoms with van der Waals surface area (Å²) in [6.07, 6.45) is 1.37. The highest BCUT2D eigenvalue weighted by Gasteiger charge is 2.45. The van der Waals surface area contributed by atoms with Crippen LogP contribution in [0.1, 0.15) is 46.2 Å². The molecule has 33 heavy (non-hydrogen) atoms. The van der Waals surface area contributed by atoms with Gasteiger partial charge >= 0.3 is 0 Å². The molecule has 10 heteroatoms. The Morgan fingerprint density at radius 1 is 1.27 bits per heavy atom. The van der Waals surface area contributed by atoms with Gasteiger partial charge in [0.1, 0.15) is 17.8 Å². The third-order valence-corrected chi connectivity index (χ3v) is 6.28. The first-order valence-corrected chi connectivity index (χ1v) is 10.8. The van der Waals surface area contributed by atoms with Gasteiger partial charge in [0.2, 0.25) is 5.43 Å². The molecule has 1 saturated heterocycles. The molecule has 1 amide bonds. The second-order valence-corrected chi connectivity index (χ2v) is 8.32. The topological polar surface area (TPSA) is 92.1 Å². The maximum absolute atomic E-state index is 13.9. The number of fused-ring (bicyclic) bond motifs is 3. The number of ketones is 1. The molecule has 0 bridgehead atoms. The van der Waals surface area contributed by atoms with Crippen molar-refractivity contribution < 1.29 is 28.2 Å². The molecule has 8 nitrogen and oxygen atoms in total. The van der Waals surface area contributed by atoms with E-state index < -0.39 is 34.5 Å². The smallest absolute Gasteiger partial charge is 0.278 e. The Hall–Kier alpha value is -3.27. The lowest BCUT2D eigenvalue weighted by Gasteiger charge is -2.42. The number of nitrogens with zero attached hydrogens (tertiary/aromatic N) is 3. The van der Waals surface area contributed by atoms with Crippen LogP contribution in [0, 0.1) is 17.6 Å². The Morgan fingerprint density at radius 3 is 2.70 bits per heavy atom. The molecule has 0 aliphatic carbocycles. The fraction of sp³-hybridized carbons (Fsp3) is 0.435. The number of carbonyl (C=O) groups is 2. The van der Waals surface area contributed by atoms with E-state index in [9.17, 15) is 28.3 Å². The van der Waals surface area contributed by atoms with Gasteiger partial charge in [-0.2, -0.15) is 0 Å². The van der Waals surface area contributed by atoms with Crippen LogP contribution in [0.2, 0.25) is 0 Å². The Bertz CT molecular complexity index is 1170. The SMILES string of the molecule is CCN1C(=O)c2c(O)c(=O)c(C(=O)CCc3ccc(F)cc3F)cn2N2C[C@@H](COC)C[C@@H]12. The van der Waals surface area contributed by atoms with Crippen LogP contribution < -0.4 is 10.4 Å². The highest BCUT2D eigenvalue weighted by molar-refractivity contribution is 6.00. The molecule has 4 rings (SSSR count). The second-order valence-electron chi connectivity index (χ2n) is 8.32. The summed E-state index contributed by atoms with van der Waals surface area (Å²) in [5.74, 6) is -3.26. The summed E-state index contributed by atoms with van der Waals surface area (Å²) in [6.45, 7) is 3.19. The van der Waals surface area contributed by atoms with E-state index in [4.69, 9.17) is 4.74 Å². The summed E-state index contributed by atoms with van der Waals surface area (Å²) in [7, 11) is 1.59. The van der Waals surface area contributed by atoms with Crippen LogP contribution in [-0.4, -0.2) is 59.3 Å². The maximum Gasteiger partial charge on any atom is 0.278 e. The number of aromatic nitrogens is 1.